The molecule has 4 rings (SSSR count). The molecule has 0 bridgehead atoms. The number of carbonyl (C=O) groups is 1. The Morgan fingerprint density at radius 3 is 2.48 bits per heavy atom. The zero-order valence-electron chi connectivity index (χ0n) is 16.5. The predicted molar refractivity (Wildman–Crippen MR) is 112 cm³/mol. The van der Waals surface area contributed by atoms with Crippen LogP contribution in [0.4, 0.5) is 0 Å². The highest BCUT2D eigenvalue weighted by Crippen LogP contribution is 2.16. The molecular formula is C22H21N5O2. The molecule has 146 valence electrons. The number of hydrogen-bond donors (Lipinski definition) is 2. The van der Waals surface area contributed by atoms with Crippen LogP contribution in [0.25, 0.3) is 22.4 Å². The SMILES string of the molecule is CCNC(=O)c1cc2c(=O)n3cc(C)ccc3nc2n(-c2ccc(C)cc2)c1=N. The topological polar surface area (TPSA) is 92.2 Å². The fraction of sp³-hybridized carbons (Fsp3) is 0.182. The smallest absolute Gasteiger partial charge is 0.267 e. The van der Waals surface area contributed by atoms with Crippen molar-refractivity contribution in [3.8, 4) is 5.69 Å². The number of aryl methyl sites for hydroxylation is 2. The van der Waals surface area contributed by atoms with Gasteiger partial charge < -0.3 is 5.32 Å². The standard InChI is InChI=1S/C22H21N5O2/c1-4-24-21(28)16-11-17-20(25-18-10-7-14(3)12-26(18)22(17)29)27(19(16)23)15-8-5-13(2)6-9-15/h5-12,23H,4H2,1-3H3,(H,24,28). The van der Waals surface area contributed by atoms with E-state index >= 15 is 0 Å². The van der Waals surface area contributed by atoms with Crippen molar-refractivity contribution in [3.63, 3.8) is 0 Å². The highest BCUT2D eigenvalue weighted by Gasteiger charge is 2.18. The van der Waals surface area contributed by atoms with E-state index in [2.05, 4.69) is 10.3 Å². The number of fused-ring (bicyclic) bond motifs is 2. The second-order valence-electron chi connectivity index (χ2n) is 7.03. The molecule has 4 aromatic rings. The molecule has 7 heteroatoms. The first-order valence-corrected chi connectivity index (χ1v) is 9.39. The Morgan fingerprint density at radius 1 is 1.10 bits per heavy atom. The van der Waals surface area contributed by atoms with Crippen molar-refractivity contribution in [1.82, 2.24) is 19.3 Å². The van der Waals surface area contributed by atoms with Gasteiger partial charge in [-0.1, -0.05) is 23.8 Å². The highest BCUT2D eigenvalue weighted by molar-refractivity contribution is 5.97. The second kappa shape index (κ2) is 7.01. The molecule has 0 fully saturated rings. The van der Waals surface area contributed by atoms with Gasteiger partial charge in [-0.3, -0.25) is 24.0 Å². The minimum Gasteiger partial charge on any atom is -0.352 e. The van der Waals surface area contributed by atoms with Gasteiger partial charge in [0.1, 0.15) is 11.1 Å². The van der Waals surface area contributed by atoms with Crippen molar-refractivity contribution in [1.29, 1.82) is 5.41 Å². The van der Waals surface area contributed by atoms with Gasteiger partial charge in [-0.15, -0.1) is 0 Å². The summed E-state index contributed by atoms with van der Waals surface area (Å²) < 4.78 is 3.03. The Morgan fingerprint density at radius 2 is 1.79 bits per heavy atom. The van der Waals surface area contributed by atoms with Crippen LogP contribution < -0.4 is 16.4 Å². The number of hydrogen-bond acceptors (Lipinski definition) is 4. The third-order valence-electron chi connectivity index (χ3n) is 4.84. The monoisotopic (exact) mass is 387 g/mol. The van der Waals surface area contributed by atoms with Gasteiger partial charge in [0.15, 0.2) is 5.65 Å². The number of aromatic nitrogens is 3. The Kier molecular flexibility index (Phi) is 4.50. The van der Waals surface area contributed by atoms with Crippen molar-refractivity contribution in [2.75, 3.05) is 6.54 Å². The molecule has 0 spiro atoms. The molecule has 1 aromatic carbocycles. The molecule has 0 unspecified atom stereocenters. The van der Waals surface area contributed by atoms with Gasteiger partial charge in [-0.05, 0) is 50.6 Å². The number of amides is 1. The van der Waals surface area contributed by atoms with Crippen LogP contribution in [0.15, 0.2) is 53.5 Å². The maximum atomic E-state index is 13.2. The number of rotatable bonds is 3. The lowest BCUT2D eigenvalue weighted by molar-refractivity contribution is 0.0953. The number of nitrogens with zero attached hydrogens (tertiary/aromatic N) is 3. The van der Waals surface area contributed by atoms with Crippen LogP contribution in [-0.4, -0.2) is 26.4 Å². The lowest BCUT2D eigenvalue weighted by Gasteiger charge is -2.15. The van der Waals surface area contributed by atoms with Gasteiger partial charge in [0.25, 0.3) is 11.5 Å². The van der Waals surface area contributed by atoms with Crippen LogP contribution >= 0.6 is 0 Å². The van der Waals surface area contributed by atoms with E-state index in [9.17, 15) is 9.59 Å². The van der Waals surface area contributed by atoms with Crippen LogP contribution in [0.2, 0.25) is 0 Å². The predicted octanol–water partition coefficient (Wildman–Crippen LogP) is 2.48. The normalized spacial score (nSPS) is 11.1. The maximum Gasteiger partial charge on any atom is 0.267 e. The van der Waals surface area contributed by atoms with Crippen LogP contribution in [0.5, 0.6) is 0 Å². The molecule has 7 nitrogen and oxygen atoms in total. The minimum atomic E-state index is -0.394. The van der Waals surface area contributed by atoms with Gasteiger partial charge in [0, 0.05) is 18.4 Å². The first kappa shape index (κ1) is 18.6. The van der Waals surface area contributed by atoms with E-state index in [0.717, 1.165) is 11.1 Å². The van der Waals surface area contributed by atoms with E-state index in [0.29, 0.717) is 23.5 Å². The molecule has 3 heterocycles. The average molecular weight is 387 g/mol. The third-order valence-corrected chi connectivity index (χ3v) is 4.84. The molecule has 3 aromatic heterocycles. The van der Waals surface area contributed by atoms with Crippen molar-refractivity contribution in [2.45, 2.75) is 20.8 Å². The molecule has 0 atom stereocenters. The quantitative estimate of drug-likeness (QED) is 0.529. The molecule has 0 aliphatic rings. The first-order chi connectivity index (χ1) is 13.9. The molecule has 29 heavy (non-hydrogen) atoms. The number of benzene rings is 1. The third kappa shape index (κ3) is 3.10. The van der Waals surface area contributed by atoms with Gasteiger partial charge in [0.2, 0.25) is 0 Å². The van der Waals surface area contributed by atoms with E-state index in [4.69, 9.17) is 5.41 Å². The number of nitrogens with one attached hydrogen (secondary N) is 2. The van der Waals surface area contributed by atoms with Crippen LogP contribution in [-0.2, 0) is 0 Å². The maximum absolute atomic E-state index is 13.2. The summed E-state index contributed by atoms with van der Waals surface area (Å²) in [6.45, 7) is 6.10. The van der Waals surface area contributed by atoms with Gasteiger partial charge in [-0.2, -0.15) is 0 Å². The molecule has 0 saturated heterocycles. The van der Waals surface area contributed by atoms with Crippen LogP contribution in [0.3, 0.4) is 0 Å². The van der Waals surface area contributed by atoms with Crippen molar-refractivity contribution < 1.29 is 4.79 Å². The summed E-state index contributed by atoms with van der Waals surface area (Å²) in [6, 6.07) is 12.7. The molecule has 0 radical (unpaired) electrons. The van der Waals surface area contributed by atoms with Gasteiger partial charge >= 0.3 is 0 Å². The summed E-state index contributed by atoms with van der Waals surface area (Å²) in [5, 5.41) is 11.7. The Hall–Kier alpha value is -3.74. The summed E-state index contributed by atoms with van der Waals surface area (Å²) in [5.74, 6) is -0.394. The van der Waals surface area contributed by atoms with Crippen LogP contribution in [0.1, 0.15) is 28.4 Å². The number of pyridine rings is 2. The zero-order chi connectivity index (χ0) is 20.7. The molecule has 1 amide bonds. The fourth-order valence-electron chi connectivity index (χ4n) is 3.36. The van der Waals surface area contributed by atoms with Gasteiger partial charge in [0.05, 0.1) is 10.9 Å². The molecular weight excluding hydrogens is 366 g/mol. The lowest BCUT2D eigenvalue weighted by Crippen LogP contribution is -2.34. The summed E-state index contributed by atoms with van der Waals surface area (Å²) >= 11 is 0. The molecule has 0 aliphatic heterocycles. The number of carbonyl (C=O) groups excluding carboxylic acids is 1. The summed E-state index contributed by atoms with van der Waals surface area (Å²) in [7, 11) is 0. The Bertz CT molecular complexity index is 1380. The van der Waals surface area contributed by atoms with E-state index in [-0.39, 0.29) is 22.0 Å². The lowest BCUT2D eigenvalue weighted by atomic mass is 10.1. The largest absolute Gasteiger partial charge is 0.352 e. The average Bonchev–Trinajstić information content (AvgIpc) is 2.70. The Labute approximate surface area is 166 Å². The van der Waals surface area contributed by atoms with E-state index in [1.807, 2.05) is 51.1 Å². The highest BCUT2D eigenvalue weighted by atomic mass is 16.1. The van der Waals surface area contributed by atoms with Crippen molar-refractivity contribution in [2.24, 2.45) is 0 Å². The second-order valence-corrected chi connectivity index (χ2v) is 7.03. The first-order valence-electron chi connectivity index (χ1n) is 9.39. The van der Waals surface area contributed by atoms with E-state index in [1.165, 1.54) is 10.5 Å². The molecule has 0 saturated carbocycles. The van der Waals surface area contributed by atoms with Crippen molar-refractivity contribution >= 4 is 22.6 Å². The summed E-state index contributed by atoms with van der Waals surface area (Å²) in [4.78, 5) is 30.5. The van der Waals surface area contributed by atoms with Crippen LogP contribution in [0, 0.1) is 19.3 Å². The van der Waals surface area contributed by atoms with E-state index < -0.39 is 5.91 Å². The zero-order valence-corrected chi connectivity index (χ0v) is 16.5. The van der Waals surface area contributed by atoms with E-state index in [1.54, 1.807) is 16.8 Å². The fourth-order valence-corrected chi connectivity index (χ4v) is 3.36. The Balaban J connectivity index is 2.19. The summed E-state index contributed by atoms with van der Waals surface area (Å²) in [5.41, 5.74) is 3.33. The summed E-state index contributed by atoms with van der Waals surface area (Å²) in [6.07, 6.45) is 1.72. The minimum absolute atomic E-state index is 0.0179. The van der Waals surface area contributed by atoms with Gasteiger partial charge in [-0.25, -0.2) is 4.98 Å². The van der Waals surface area contributed by atoms with Crippen molar-refractivity contribution in [3.05, 3.63) is 81.2 Å². The molecule has 2 N–H and O–H groups in total. The molecule has 0 aliphatic carbocycles.